The van der Waals surface area contributed by atoms with Gasteiger partial charge in [-0.3, -0.25) is 0 Å². The van der Waals surface area contributed by atoms with Crippen molar-refractivity contribution in [3.05, 3.63) is 85.2 Å². The first kappa shape index (κ1) is 13.9. The number of nitrogens with zero attached hydrogens (tertiary/aromatic N) is 2. The Morgan fingerprint density at radius 2 is 1.36 bits per heavy atom. The van der Waals surface area contributed by atoms with E-state index in [9.17, 15) is 0 Å². The monoisotopic (exact) mass is 322 g/mol. The molecule has 25 heavy (non-hydrogen) atoms. The zero-order valence-electron chi connectivity index (χ0n) is 13.4. The van der Waals surface area contributed by atoms with E-state index < -0.39 is 0 Å². The number of benzene rings is 3. The maximum Gasteiger partial charge on any atom is 0.180 e. The lowest BCUT2D eigenvalue weighted by Crippen LogP contribution is -1.86. The number of rotatable bonds is 2. The van der Waals surface area contributed by atoms with Gasteiger partial charge in [-0.1, -0.05) is 72.8 Å². The number of hydrogen-bond donors (Lipinski definition) is 0. The van der Waals surface area contributed by atoms with Crippen LogP contribution in [-0.4, -0.2) is 9.97 Å². The van der Waals surface area contributed by atoms with Gasteiger partial charge in [0.05, 0.1) is 5.39 Å². The summed E-state index contributed by atoms with van der Waals surface area (Å²) >= 11 is 0. The SMILES string of the molecule is c1ccc(-c2ncnc3c2oc2cccc(-c4ccccc4)c23)cc1. The van der Waals surface area contributed by atoms with Crippen molar-refractivity contribution in [3.63, 3.8) is 0 Å². The topological polar surface area (TPSA) is 38.9 Å². The van der Waals surface area contributed by atoms with Gasteiger partial charge in [-0.25, -0.2) is 9.97 Å². The molecule has 0 aliphatic carbocycles. The Hall–Kier alpha value is -3.46. The van der Waals surface area contributed by atoms with Crippen LogP contribution in [0.25, 0.3) is 44.5 Å². The van der Waals surface area contributed by atoms with Crippen molar-refractivity contribution in [3.8, 4) is 22.4 Å². The Morgan fingerprint density at radius 3 is 2.12 bits per heavy atom. The molecule has 0 unspecified atom stereocenters. The van der Waals surface area contributed by atoms with Crippen molar-refractivity contribution in [2.45, 2.75) is 0 Å². The fraction of sp³-hybridized carbons (Fsp3) is 0. The third-order valence-electron chi connectivity index (χ3n) is 4.41. The first-order valence-corrected chi connectivity index (χ1v) is 8.19. The van der Waals surface area contributed by atoms with E-state index in [2.05, 4.69) is 28.2 Å². The minimum Gasteiger partial charge on any atom is -0.452 e. The van der Waals surface area contributed by atoms with E-state index in [0.717, 1.165) is 44.5 Å². The highest BCUT2D eigenvalue weighted by molar-refractivity contribution is 6.12. The van der Waals surface area contributed by atoms with Gasteiger partial charge < -0.3 is 4.42 Å². The van der Waals surface area contributed by atoms with Gasteiger partial charge in [0, 0.05) is 5.56 Å². The third kappa shape index (κ3) is 2.21. The summed E-state index contributed by atoms with van der Waals surface area (Å²) in [5.74, 6) is 0. The lowest BCUT2D eigenvalue weighted by Gasteiger charge is -2.03. The fourth-order valence-corrected chi connectivity index (χ4v) is 3.28. The highest BCUT2D eigenvalue weighted by atomic mass is 16.3. The van der Waals surface area contributed by atoms with E-state index in [1.165, 1.54) is 0 Å². The molecular weight excluding hydrogens is 308 g/mol. The Kier molecular flexibility index (Phi) is 3.10. The van der Waals surface area contributed by atoms with Gasteiger partial charge in [0.1, 0.15) is 23.1 Å². The van der Waals surface area contributed by atoms with Crippen LogP contribution in [0.1, 0.15) is 0 Å². The molecule has 5 aromatic rings. The van der Waals surface area contributed by atoms with Gasteiger partial charge in [-0.2, -0.15) is 0 Å². The summed E-state index contributed by atoms with van der Waals surface area (Å²) in [6, 6.07) is 26.5. The van der Waals surface area contributed by atoms with E-state index in [1.807, 2.05) is 60.7 Å². The number of hydrogen-bond acceptors (Lipinski definition) is 3. The average Bonchev–Trinajstić information content (AvgIpc) is 3.08. The van der Waals surface area contributed by atoms with E-state index in [0.29, 0.717) is 0 Å². The second-order valence-corrected chi connectivity index (χ2v) is 5.91. The molecule has 0 atom stereocenters. The molecule has 0 spiro atoms. The molecule has 0 N–H and O–H groups in total. The molecular formula is C22H14N2O. The average molecular weight is 322 g/mol. The van der Waals surface area contributed by atoms with Crippen LogP contribution in [0.3, 0.4) is 0 Å². The maximum absolute atomic E-state index is 6.18. The normalized spacial score (nSPS) is 11.2. The van der Waals surface area contributed by atoms with Crippen LogP contribution in [0, 0.1) is 0 Å². The quantitative estimate of drug-likeness (QED) is 0.418. The Bertz CT molecular complexity index is 1180. The molecule has 0 aliphatic heterocycles. The number of aromatic nitrogens is 2. The van der Waals surface area contributed by atoms with Crippen molar-refractivity contribution in [1.82, 2.24) is 9.97 Å². The van der Waals surface area contributed by atoms with Crippen molar-refractivity contribution in [2.75, 3.05) is 0 Å². The summed E-state index contributed by atoms with van der Waals surface area (Å²) in [7, 11) is 0. The van der Waals surface area contributed by atoms with Gasteiger partial charge in [0.2, 0.25) is 0 Å². The van der Waals surface area contributed by atoms with Crippen molar-refractivity contribution >= 4 is 22.1 Å². The molecule has 3 heteroatoms. The molecule has 118 valence electrons. The van der Waals surface area contributed by atoms with Crippen LogP contribution in [0.2, 0.25) is 0 Å². The van der Waals surface area contributed by atoms with Crippen LogP contribution in [0.15, 0.2) is 89.6 Å². The lowest BCUT2D eigenvalue weighted by molar-refractivity contribution is 0.667. The van der Waals surface area contributed by atoms with E-state index in [1.54, 1.807) is 6.33 Å². The van der Waals surface area contributed by atoms with E-state index in [-0.39, 0.29) is 0 Å². The molecule has 0 aliphatic rings. The highest BCUT2D eigenvalue weighted by Gasteiger charge is 2.17. The maximum atomic E-state index is 6.18. The summed E-state index contributed by atoms with van der Waals surface area (Å²) in [5, 5.41) is 1.03. The van der Waals surface area contributed by atoms with Crippen LogP contribution in [-0.2, 0) is 0 Å². The molecule has 0 radical (unpaired) electrons. The second-order valence-electron chi connectivity index (χ2n) is 5.91. The summed E-state index contributed by atoms with van der Waals surface area (Å²) in [6.45, 7) is 0. The predicted molar refractivity (Wildman–Crippen MR) is 100 cm³/mol. The lowest BCUT2D eigenvalue weighted by atomic mass is 10.0. The molecule has 3 nitrogen and oxygen atoms in total. The van der Waals surface area contributed by atoms with E-state index >= 15 is 0 Å². The van der Waals surface area contributed by atoms with Crippen molar-refractivity contribution in [1.29, 1.82) is 0 Å². The third-order valence-corrected chi connectivity index (χ3v) is 4.41. The molecule has 5 rings (SSSR count). The van der Waals surface area contributed by atoms with Gasteiger partial charge in [-0.05, 0) is 17.2 Å². The minimum atomic E-state index is 0.729. The first-order valence-electron chi connectivity index (χ1n) is 8.19. The molecule has 2 aromatic heterocycles. The van der Waals surface area contributed by atoms with E-state index in [4.69, 9.17) is 4.42 Å². The van der Waals surface area contributed by atoms with Gasteiger partial charge in [0.25, 0.3) is 0 Å². The largest absolute Gasteiger partial charge is 0.452 e. The molecule has 2 heterocycles. The van der Waals surface area contributed by atoms with Crippen molar-refractivity contribution in [2.24, 2.45) is 0 Å². The zero-order valence-corrected chi connectivity index (χ0v) is 13.4. The standard InChI is InChI=1S/C22H14N2O/c1-3-8-15(9-4-1)17-12-7-13-18-19(17)21-22(25-18)20(23-14-24-21)16-10-5-2-6-11-16/h1-14H. The Balaban J connectivity index is 1.87. The molecule has 0 amide bonds. The summed E-state index contributed by atoms with van der Waals surface area (Å²) in [6.07, 6.45) is 1.61. The Labute approximate surface area is 144 Å². The smallest absolute Gasteiger partial charge is 0.180 e. The molecule has 3 aromatic carbocycles. The van der Waals surface area contributed by atoms with Crippen LogP contribution in [0.5, 0.6) is 0 Å². The minimum absolute atomic E-state index is 0.729. The van der Waals surface area contributed by atoms with Gasteiger partial charge in [-0.15, -0.1) is 0 Å². The van der Waals surface area contributed by atoms with Crippen LogP contribution >= 0.6 is 0 Å². The summed E-state index contributed by atoms with van der Waals surface area (Å²) < 4.78 is 6.18. The molecule has 0 saturated carbocycles. The summed E-state index contributed by atoms with van der Waals surface area (Å²) in [4.78, 5) is 9.01. The van der Waals surface area contributed by atoms with Gasteiger partial charge >= 0.3 is 0 Å². The molecule has 0 bridgehead atoms. The second kappa shape index (κ2) is 5.56. The van der Waals surface area contributed by atoms with Crippen LogP contribution in [0.4, 0.5) is 0 Å². The fourth-order valence-electron chi connectivity index (χ4n) is 3.28. The number of furan rings is 1. The zero-order chi connectivity index (χ0) is 16.6. The summed E-state index contributed by atoms with van der Waals surface area (Å²) in [5.41, 5.74) is 6.52. The molecule has 0 saturated heterocycles. The predicted octanol–water partition coefficient (Wildman–Crippen LogP) is 5.71. The first-order chi connectivity index (χ1) is 12.4. The van der Waals surface area contributed by atoms with Gasteiger partial charge in [0.15, 0.2) is 5.58 Å². The Morgan fingerprint density at radius 1 is 0.640 bits per heavy atom. The van der Waals surface area contributed by atoms with Crippen LogP contribution < -0.4 is 0 Å². The molecule has 0 fully saturated rings. The highest BCUT2D eigenvalue weighted by Crippen LogP contribution is 2.38. The van der Waals surface area contributed by atoms with Crippen molar-refractivity contribution < 1.29 is 4.42 Å². The number of fused-ring (bicyclic) bond motifs is 3.